The van der Waals surface area contributed by atoms with E-state index in [2.05, 4.69) is 5.43 Å². The second-order valence-electron chi connectivity index (χ2n) is 4.92. The number of para-hydroxylation sites is 1. The summed E-state index contributed by atoms with van der Waals surface area (Å²) in [4.78, 5) is 26.0. The van der Waals surface area contributed by atoms with Crippen LogP contribution in [0.3, 0.4) is 0 Å². The van der Waals surface area contributed by atoms with E-state index in [4.69, 9.17) is 5.84 Å². The molecule has 114 valence electrons. The number of carbonyl (C=O) groups excluding carboxylic acids is 1. The van der Waals surface area contributed by atoms with Crippen molar-refractivity contribution >= 4 is 23.0 Å². The maximum atomic E-state index is 11.4. The molecule has 8 nitrogen and oxygen atoms in total. The van der Waals surface area contributed by atoms with Crippen LogP contribution < -0.4 is 16.2 Å². The Bertz CT molecular complexity index is 549. The van der Waals surface area contributed by atoms with Crippen LogP contribution in [-0.4, -0.2) is 41.9 Å². The normalized spacial score (nSPS) is 15.5. The average molecular weight is 293 g/mol. The highest BCUT2D eigenvalue weighted by Crippen LogP contribution is 2.35. The molecule has 0 aliphatic carbocycles. The van der Waals surface area contributed by atoms with Crippen molar-refractivity contribution in [2.24, 2.45) is 5.84 Å². The second-order valence-corrected chi connectivity index (χ2v) is 4.92. The summed E-state index contributed by atoms with van der Waals surface area (Å²) in [5, 5.41) is 11.3. The van der Waals surface area contributed by atoms with Gasteiger partial charge < -0.3 is 15.2 Å². The molecule has 1 aliphatic rings. The van der Waals surface area contributed by atoms with Crippen molar-refractivity contribution in [1.29, 1.82) is 0 Å². The molecular weight excluding hydrogens is 274 g/mol. The number of nitro benzene ring substituents is 1. The minimum Gasteiger partial charge on any atom is -0.364 e. The lowest BCUT2D eigenvalue weighted by atomic mass is 10.2. The van der Waals surface area contributed by atoms with Gasteiger partial charge in [0, 0.05) is 33.1 Å². The van der Waals surface area contributed by atoms with Crippen LogP contribution in [0.25, 0.3) is 0 Å². The van der Waals surface area contributed by atoms with Gasteiger partial charge in [0.05, 0.1) is 4.92 Å². The molecule has 1 aliphatic heterocycles. The Morgan fingerprint density at radius 1 is 1.33 bits per heavy atom. The molecule has 0 bridgehead atoms. The minimum atomic E-state index is -0.432. The van der Waals surface area contributed by atoms with Crippen molar-refractivity contribution in [3.63, 3.8) is 0 Å². The maximum absolute atomic E-state index is 11.4. The number of nitrogen functional groups attached to an aromatic ring is 1. The zero-order valence-corrected chi connectivity index (χ0v) is 11.9. The molecule has 1 fully saturated rings. The molecule has 0 aromatic heterocycles. The third kappa shape index (κ3) is 3.22. The lowest BCUT2D eigenvalue weighted by molar-refractivity contribution is -0.383. The van der Waals surface area contributed by atoms with Crippen molar-refractivity contribution in [2.45, 2.75) is 13.3 Å². The first kappa shape index (κ1) is 15.0. The first-order valence-corrected chi connectivity index (χ1v) is 6.79. The summed E-state index contributed by atoms with van der Waals surface area (Å²) >= 11 is 0. The van der Waals surface area contributed by atoms with Crippen LogP contribution >= 0.6 is 0 Å². The van der Waals surface area contributed by atoms with Crippen LogP contribution in [0.4, 0.5) is 17.1 Å². The summed E-state index contributed by atoms with van der Waals surface area (Å²) in [6.45, 7) is 4.01. The fraction of sp³-hybridized carbons (Fsp3) is 0.462. The average Bonchev–Trinajstić information content (AvgIpc) is 2.72. The van der Waals surface area contributed by atoms with Gasteiger partial charge in [-0.2, -0.15) is 0 Å². The van der Waals surface area contributed by atoms with Gasteiger partial charge in [-0.1, -0.05) is 6.07 Å². The van der Waals surface area contributed by atoms with Gasteiger partial charge in [-0.15, -0.1) is 0 Å². The van der Waals surface area contributed by atoms with Gasteiger partial charge in [-0.05, 0) is 18.6 Å². The summed E-state index contributed by atoms with van der Waals surface area (Å²) in [6, 6.07) is 5.01. The predicted octanol–water partition coefficient (Wildman–Crippen LogP) is 0.939. The number of nitrogens with zero attached hydrogens (tertiary/aromatic N) is 3. The van der Waals surface area contributed by atoms with Gasteiger partial charge in [-0.3, -0.25) is 20.8 Å². The van der Waals surface area contributed by atoms with E-state index < -0.39 is 4.92 Å². The third-order valence-electron chi connectivity index (χ3n) is 3.63. The molecule has 3 N–H and O–H groups in total. The number of hydrazine groups is 1. The zero-order valence-electron chi connectivity index (χ0n) is 11.9. The van der Waals surface area contributed by atoms with E-state index >= 15 is 0 Å². The smallest absolute Gasteiger partial charge is 0.316 e. The highest BCUT2D eigenvalue weighted by atomic mass is 16.6. The Morgan fingerprint density at radius 2 is 2.10 bits per heavy atom. The fourth-order valence-corrected chi connectivity index (χ4v) is 2.57. The van der Waals surface area contributed by atoms with Crippen LogP contribution in [0, 0.1) is 10.1 Å². The Balaban J connectivity index is 2.29. The first-order valence-electron chi connectivity index (χ1n) is 6.79. The van der Waals surface area contributed by atoms with Crippen LogP contribution in [0.15, 0.2) is 18.2 Å². The summed E-state index contributed by atoms with van der Waals surface area (Å²) in [5.41, 5.74) is 3.15. The molecule has 8 heteroatoms. The molecule has 1 amide bonds. The highest BCUT2D eigenvalue weighted by molar-refractivity contribution is 5.77. The molecule has 21 heavy (non-hydrogen) atoms. The Hall–Kier alpha value is -2.35. The van der Waals surface area contributed by atoms with E-state index in [-0.39, 0.29) is 17.3 Å². The molecule has 2 rings (SSSR count). The lowest BCUT2D eigenvalue weighted by Crippen LogP contribution is -2.33. The molecule has 0 spiro atoms. The van der Waals surface area contributed by atoms with Gasteiger partial charge in [0.1, 0.15) is 11.4 Å². The number of amides is 1. The van der Waals surface area contributed by atoms with Gasteiger partial charge in [0.2, 0.25) is 5.91 Å². The molecule has 1 aromatic carbocycles. The molecule has 0 saturated carbocycles. The largest absolute Gasteiger partial charge is 0.364 e. The summed E-state index contributed by atoms with van der Waals surface area (Å²) < 4.78 is 0. The maximum Gasteiger partial charge on any atom is 0.316 e. The van der Waals surface area contributed by atoms with Crippen LogP contribution in [0.5, 0.6) is 0 Å². The highest BCUT2D eigenvalue weighted by Gasteiger charge is 2.25. The minimum absolute atomic E-state index is 0.0312. The molecule has 1 heterocycles. The van der Waals surface area contributed by atoms with E-state index in [9.17, 15) is 14.9 Å². The van der Waals surface area contributed by atoms with Crippen molar-refractivity contribution in [1.82, 2.24) is 4.90 Å². The quantitative estimate of drug-likeness (QED) is 0.488. The number of benzene rings is 1. The first-order chi connectivity index (χ1) is 10.0. The van der Waals surface area contributed by atoms with Crippen molar-refractivity contribution in [3.8, 4) is 0 Å². The summed E-state index contributed by atoms with van der Waals surface area (Å²) in [7, 11) is 0. The van der Waals surface area contributed by atoms with E-state index in [0.29, 0.717) is 31.9 Å². The van der Waals surface area contributed by atoms with Crippen molar-refractivity contribution in [3.05, 3.63) is 28.3 Å². The van der Waals surface area contributed by atoms with E-state index in [1.165, 1.54) is 6.92 Å². The molecule has 1 saturated heterocycles. The number of nitrogens with two attached hydrogens (primary N) is 1. The fourth-order valence-electron chi connectivity index (χ4n) is 2.57. The zero-order chi connectivity index (χ0) is 15.4. The number of nitro groups is 1. The molecular formula is C13H19N5O3. The lowest BCUT2D eigenvalue weighted by Gasteiger charge is -2.23. The summed E-state index contributed by atoms with van der Waals surface area (Å²) in [6.07, 6.45) is 0.775. The van der Waals surface area contributed by atoms with E-state index in [1.54, 1.807) is 23.1 Å². The Labute approximate surface area is 122 Å². The van der Waals surface area contributed by atoms with Gasteiger partial charge in [0.15, 0.2) is 0 Å². The van der Waals surface area contributed by atoms with Gasteiger partial charge in [-0.25, -0.2) is 0 Å². The number of hydrogen-bond acceptors (Lipinski definition) is 6. The number of anilines is 2. The molecule has 0 atom stereocenters. The second kappa shape index (κ2) is 6.40. The topological polar surface area (TPSA) is 105 Å². The summed E-state index contributed by atoms with van der Waals surface area (Å²) in [5.74, 6) is 5.38. The van der Waals surface area contributed by atoms with E-state index in [0.717, 1.165) is 6.42 Å². The molecule has 1 aromatic rings. The predicted molar refractivity (Wildman–Crippen MR) is 80.0 cm³/mol. The van der Waals surface area contributed by atoms with E-state index in [1.807, 2.05) is 4.90 Å². The van der Waals surface area contributed by atoms with Crippen LogP contribution in [-0.2, 0) is 4.79 Å². The van der Waals surface area contributed by atoms with Crippen molar-refractivity contribution in [2.75, 3.05) is 36.5 Å². The standard InChI is InChI=1S/C13H19N5O3/c1-10(19)16-6-3-7-17(9-8-16)12-5-2-4-11(15-14)13(12)18(20)21/h2,4-5,15H,3,6-9,14H2,1H3. The SMILES string of the molecule is CC(=O)N1CCCN(c2cccc(NN)c2[N+](=O)[O-])CC1. The molecule has 0 radical (unpaired) electrons. The van der Waals surface area contributed by atoms with Crippen molar-refractivity contribution < 1.29 is 9.72 Å². The third-order valence-corrected chi connectivity index (χ3v) is 3.63. The Kier molecular flexibility index (Phi) is 4.59. The van der Waals surface area contributed by atoms with Crippen LogP contribution in [0.1, 0.15) is 13.3 Å². The van der Waals surface area contributed by atoms with Gasteiger partial charge >= 0.3 is 5.69 Å². The number of rotatable bonds is 3. The monoisotopic (exact) mass is 293 g/mol. The van der Waals surface area contributed by atoms with Gasteiger partial charge in [0.25, 0.3) is 0 Å². The number of nitrogens with one attached hydrogen (secondary N) is 1. The number of hydrogen-bond donors (Lipinski definition) is 2. The Morgan fingerprint density at radius 3 is 2.71 bits per heavy atom. The molecule has 0 unspecified atom stereocenters. The van der Waals surface area contributed by atoms with Crippen LogP contribution in [0.2, 0.25) is 0 Å². The number of carbonyl (C=O) groups is 1.